The summed E-state index contributed by atoms with van der Waals surface area (Å²) in [6.07, 6.45) is 2.86. The third-order valence-corrected chi connectivity index (χ3v) is 1.07. The Morgan fingerprint density at radius 2 is 2.70 bits per heavy atom. The molecule has 3 nitrogen and oxygen atoms in total. The van der Waals surface area contributed by atoms with E-state index in [-0.39, 0.29) is 11.9 Å². The van der Waals surface area contributed by atoms with Crippen molar-refractivity contribution in [3.8, 4) is 0 Å². The minimum absolute atomic E-state index is 0.194. The Kier molecular flexibility index (Phi) is 1.60. The van der Waals surface area contributed by atoms with E-state index < -0.39 is 0 Å². The molecule has 52 valence electrons. The third-order valence-electron chi connectivity index (χ3n) is 1.07. The fourth-order valence-electron chi connectivity index (χ4n) is 0.584. The molecule has 0 saturated carbocycles. The summed E-state index contributed by atoms with van der Waals surface area (Å²) in [6, 6.07) is 1.67. The predicted molar refractivity (Wildman–Crippen MR) is 37.6 cm³/mol. The van der Waals surface area contributed by atoms with Gasteiger partial charge in [0.2, 0.25) is 0 Å². The molecule has 1 heterocycles. The first-order valence-corrected chi connectivity index (χ1v) is 2.88. The Hall–Kier alpha value is -1.38. The van der Waals surface area contributed by atoms with Crippen molar-refractivity contribution in [1.29, 1.82) is 0 Å². The number of rotatable bonds is 1. The summed E-state index contributed by atoms with van der Waals surface area (Å²) in [5.41, 5.74) is 0.301. The van der Waals surface area contributed by atoms with Crippen LogP contribution in [0.1, 0.15) is 11.7 Å². The van der Waals surface area contributed by atoms with E-state index >= 15 is 0 Å². The molecule has 0 aliphatic rings. The number of hydrogen-bond acceptors (Lipinski definition) is 2. The molecule has 1 aromatic rings. The topological polar surface area (TPSA) is 42.0 Å². The highest BCUT2D eigenvalue weighted by molar-refractivity contribution is 5.93. The molecular formula is C7H8N2O. The summed E-state index contributed by atoms with van der Waals surface area (Å²) in [4.78, 5) is 14.7. The standard InChI is InChI=1S/C7H8N2O/c1-8-7(10)6-3-2-4-9-5-6/h2-5H,1H3,(H,8,10)/i3D. The number of nitrogens with one attached hydrogen (secondary N) is 1. The van der Waals surface area contributed by atoms with Crippen molar-refractivity contribution < 1.29 is 6.17 Å². The number of pyridine rings is 1. The van der Waals surface area contributed by atoms with Gasteiger partial charge in [-0.1, -0.05) is 0 Å². The molecule has 10 heavy (non-hydrogen) atoms. The van der Waals surface area contributed by atoms with Crippen molar-refractivity contribution in [2.45, 2.75) is 0 Å². The van der Waals surface area contributed by atoms with E-state index in [2.05, 4.69) is 10.3 Å². The average Bonchev–Trinajstić information content (AvgIpc) is 2.04. The summed E-state index contributed by atoms with van der Waals surface area (Å²) in [5, 5.41) is 2.42. The van der Waals surface area contributed by atoms with Gasteiger partial charge in [0.1, 0.15) is 0 Å². The summed E-state index contributed by atoms with van der Waals surface area (Å²) in [6.45, 7) is 0. The highest BCUT2D eigenvalue weighted by Crippen LogP contribution is 1.93. The molecule has 0 aromatic carbocycles. The number of hydrogen-bond donors (Lipinski definition) is 1. The Morgan fingerprint density at radius 3 is 3.30 bits per heavy atom. The molecule has 1 amide bonds. The molecular weight excluding hydrogens is 128 g/mol. The maximum Gasteiger partial charge on any atom is 0.252 e. The van der Waals surface area contributed by atoms with E-state index in [0.717, 1.165) is 0 Å². The van der Waals surface area contributed by atoms with Gasteiger partial charge in [0.15, 0.2) is 0 Å². The van der Waals surface area contributed by atoms with Crippen LogP contribution in [0.15, 0.2) is 24.5 Å². The molecule has 0 spiro atoms. The first-order chi connectivity index (χ1) is 5.25. The molecule has 0 aliphatic heterocycles. The molecule has 0 aliphatic carbocycles. The van der Waals surface area contributed by atoms with Crippen LogP contribution in [0.2, 0.25) is 0 Å². The zero-order valence-corrected chi connectivity index (χ0v) is 5.59. The van der Waals surface area contributed by atoms with E-state index in [1.807, 2.05) is 0 Å². The van der Waals surface area contributed by atoms with Crippen molar-refractivity contribution in [1.82, 2.24) is 10.3 Å². The molecule has 0 unspecified atom stereocenters. The van der Waals surface area contributed by atoms with Crippen LogP contribution in [0.4, 0.5) is 0 Å². The highest BCUT2D eigenvalue weighted by atomic mass is 16.1. The first kappa shape index (κ1) is 5.41. The molecule has 1 aromatic heterocycles. The monoisotopic (exact) mass is 137 g/mol. The lowest BCUT2D eigenvalue weighted by atomic mass is 10.3. The molecule has 0 atom stereocenters. The quantitative estimate of drug-likeness (QED) is 0.610. The summed E-state index contributed by atoms with van der Waals surface area (Å²) >= 11 is 0. The van der Waals surface area contributed by atoms with Gasteiger partial charge in [-0.2, -0.15) is 0 Å². The lowest BCUT2D eigenvalue weighted by Crippen LogP contribution is -2.17. The van der Waals surface area contributed by atoms with Crippen molar-refractivity contribution in [2.75, 3.05) is 7.05 Å². The number of carbonyl (C=O) groups excluding carboxylic acids is 1. The predicted octanol–water partition coefficient (Wildman–Crippen LogP) is 0.441. The van der Waals surface area contributed by atoms with Gasteiger partial charge >= 0.3 is 0 Å². The number of nitrogens with zero attached hydrogens (tertiary/aromatic N) is 1. The van der Waals surface area contributed by atoms with Gasteiger partial charge in [0, 0.05) is 19.4 Å². The first-order valence-electron chi connectivity index (χ1n) is 3.38. The van der Waals surface area contributed by atoms with Gasteiger partial charge in [-0.3, -0.25) is 9.78 Å². The van der Waals surface area contributed by atoms with Gasteiger partial charge in [-0.15, -0.1) is 0 Å². The second kappa shape index (κ2) is 2.96. The highest BCUT2D eigenvalue weighted by Gasteiger charge is 1.98. The van der Waals surface area contributed by atoms with Crippen molar-refractivity contribution in [3.63, 3.8) is 0 Å². The Labute approximate surface area is 60.5 Å². The SMILES string of the molecule is [2H]c1ccncc1C(=O)NC. The largest absolute Gasteiger partial charge is 0.355 e. The fraction of sp³-hybridized carbons (Fsp3) is 0.143. The van der Waals surface area contributed by atoms with Crippen LogP contribution in [0.3, 0.4) is 0 Å². The fourth-order valence-corrected chi connectivity index (χ4v) is 0.584. The van der Waals surface area contributed by atoms with Crippen molar-refractivity contribution in [2.24, 2.45) is 0 Å². The average molecular weight is 137 g/mol. The van der Waals surface area contributed by atoms with Crippen LogP contribution < -0.4 is 5.32 Å². The summed E-state index contributed by atoms with van der Waals surface area (Å²) in [5.74, 6) is -0.275. The molecule has 0 bridgehead atoms. The van der Waals surface area contributed by atoms with E-state index in [0.29, 0.717) is 5.56 Å². The second-order valence-corrected chi connectivity index (χ2v) is 1.73. The van der Waals surface area contributed by atoms with Crippen LogP contribution >= 0.6 is 0 Å². The maximum atomic E-state index is 11.0. The van der Waals surface area contributed by atoms with E-state index in [9.17, 15) is 4.79 Å². The Bertz CT molecular complexity index is 275. The summed E-state index contributed by atoms with van der Waals surface area (Å²) < 4.78 is 7.30. The normalized spacial score (nSPS) is 10.3. The molecule has 3 heteroatoms. The van der Waals surface area contributed by atoms with Crippen LogP contribution in [0.25, 0.3) is 0 Å². The lowest BCUT2D eigenvalue weighted by Gasteiger charge is -1.95. The van der Waals surface area contributed by atoms with Crippen LogP contribution in [-0.2, 0) is 0 Å². The minimum atomic E-state index is -0.275. The van der Waals surface area contributed by atoms with Crippen molar-refractivity contribution in [3.05, 3.63) is 30.1 Å². The molecule has 0 fully saturated rings. The maximum absolute atomic E-state index is 11.0. The number of aromatic nitrogens is 1. The van der Waals surface area contributed by atoms with E-state index in [1.54, 1.807) is 0 Å². The number of amides is 1. The van der Waals surface area contributed by atoms with E-state index in [4.69, 9.17) is 1.37 Å². The molecule has 1 N–H and O–H groups in total. The second-order valence-electron chi connectivity index (χ2n) is 1.73. The van der Waals surface area contributed by atoms with Crippen LogP contribution in [0, 0.1) is 0 Å². The van der Waals surface area contributed by atoms with Gasteiger partial charge in [-0.05, 0) is 12.1 Å². The van der Waals surface area contributed by atoms with Crippen molar-refractivity contribution >= 4 is 5.91 Å². The van der Waals surface area contributed by atoms with Gasteiger partial charge in [0.05, 0.1) is 6.93 Å². The smallest absolute Gasteiger partial charge is 0.252 e. The van der Waals surface area contributed by atoms with Gasteiger partial charge < -0.3 is 5.32 Å². The molecule has 1 rings (SSSR count). The Morgan fingerprint density at radius 1 is 1.90 bits per heavy atom. The Balaban J connectivity index is 3.03. The summed E-state index contributed by atoms with van der Waals surface area (Å²) in [7, 11) is 1.52. The van der Waals surface area contributed by atoms with Crippen LogP contribution in [0.5, 0.6) is 0 Å². The van der Waals surface area contributed by atoms with Gasteiger partial charge in [-0.25, -0.2) is 0 Å². The minimum Gasteiger partial charge on any atom is -0.355 e. The molecule has 0 radical (unpaired) electrons. The van der Waals surface area contributed by atoms with E-state index in [1.165, 1.54) is 25.5 Å². The molecule has 0 saturated heterocycles. The van der Waals surface area contributed by atoms with Crippen LogP contribution in [-0.4, -0.2) is 17.9 Å². The lowest BCUT2D eigenvalue weighted by molar-refractivity contribution is 0.0963. The third kappa shape index (κ3) is 1.31. The van der Waals surface area contributed by atoms with Gasteiger partial charge in [0.25, 0.3) is 5.91 Å². The zero-order valence-electron chi connectivity index (χ0n) is 6.59. The number of carbonyl (C=O) groups is 1. The zero-order chi connectivity index (χ0) is 8.27.